The van der Waals surface area contributed by atoms with Crippen LogP contribution in [0, 0.1) is 6.92 Å². The van der Waals surface area contributed by atoms with E-state index in [1.54, 1.807) is 6.92 Å². The van der Waals surface area contributed by atoms with Gasteiger partial charge in [-0.1, -0.05) is 18.2 Å². The topological polar surface area (TPSA) is 92.4 Å². The number of benzene rings is 1. The molecule has 1 aromatic heterocycles. The Morgan fingerprint density at radius 2 is 2.09 bits per heavy atom. The number of nitrogens with one attached hydrogen (secondary N) is 1. The molecule has 1 amide bonds. The van der Waals surface area contributed by atoms with Crippen LogP contribution in [0.4, 0.5) is 0 Å². The summed E-state index contributed by atoms with van der Waals surface area (Å²) in [7, 11) is 0. The summed E-state index contributed by atoms with van der Waals surface area (Å²) < 4.78 is 5.56. The SMILES string of the molecule is Cc1oc(-c2ccccc2)nc1C(=O)NC1(C(=O)O)CCSC1. The quantitative estimate of drug-likeness (QED) is 0.893. The van der Waals surface area contributed by atoms with E-state index >= 15 is 0 Å². The lowest BCUT2D eigenvalue weighted by Crippen LogP contribution is -2.54. The van der Waals surface area contributed by atoms with Crippen molar-refractivity contribution in [3.63, 3.8) is 0 Å². The van der Waals surface area contributed by atoms with E-state index in [2.05, 4.69) is 10.3 Å². The summed E-state index contributed by atoms with van der Waals surface area (Å²) in [6.07, 6.45) is 0.404. The molecule has 2 aromatic rings. The van der Waals surface area contributed by atoms with Gasteiger partial charge in [0.2, 0.25) is 5.89 Å². The first kappa shape index (κ1) is 15.6. The zero-order chi connectivity index (χ0) is 16.4. The summed E-state index contributed by atoms with van der Waals surface area (Å²) in [6, 6.07) is 9.24. The number of oxazole rings is 1. The van der Waals surface area contributed by atoms with Crippen LogP contribution in [0.2, 0.25) is 0 Å². The molecule has 1 atom stereocenters. The molecule has 0 saturated carbocycles. The molecule has 1 saturated heterocycles. The predicted octanol–water partition coefficient (Wildman–Crippen LogP) is 2.34. The van der Waals surface area contributed by atoms with E-state index in [0.717, 1.165) is 5.56 Å². The molecule has 1 fully saturated rings. The van der Waals surface area contributed by atoms with E-state index in [0.29, 0.717) is 29.6 Å². The Kier molecular flexibility index (Phi) is 4.12. The maximum Gasteiger partial charge on any atom is 0.330 e. The second-order valence-corrected chi connectivity index (χ2v) is 6.54. The van der Waals surface area contributed by atoms with Crippen molar-refractivity contribution in [2.45, 2.75) is 18.9 Å². The van der Waals surface area contributed by atoms with Gasteiger partial charge in [0.1, 0.15) is 11.3 Å². The average molecular weight is 332 g/mol. The van der Waals surface area contributed by atoms with E-state index in [-0.39, 0.29) is 5.69 Å². The van der Waals surface area contributed by atoms with Crippen LogP contribution in [0.25, 0.3) is 11.5 Å². The number of amides is 1. The van der Waals surface area contributed by atoms with Gasteiger partial charge >= 0.3 is 5.97 Å². The minimum atomic E-state index is -1.22. The van der Waals surface area contributed by atoms with Crippen molar-refractivity contribution in [1.29, 1.82) is 0 Å². The molecule has 6 nitrogen and oxygen atoms in total. The number of aliphatic carboxylic acids is 1. The second-order valence-electron chi connectivity index (χ2n) is 5.43. The molecule has 2 N–H and O–H groups in total. The lowest BCUT2D eigenvalue weighted by atomic mass is 9.99. The van der Waals surface area contributed by atoms with Gasteiger partial charge in [-0.3, -0.25) is 4.79 Å². The molecule has 0 radical (unpaired) electrons. The standard InChI is InChI=1S/C16H16N2O4S/c1-10-12(17-14(22-10)11-5-3-2-4-6-11)13(19)18-16(15(20)21)7-8-23-9-16/h2-6H,7-9H2,1H3,(H,18,19)(H,20,21). The maximum absolute atomic E-state index is 12.5. The maximum atomic E-state index is 12.5. The fraction of sp³-hybridized carbons (Fsp3) is 0.312. The Bertz CT molecular complexity index is 736. The Balaban J connectivity index is 1.86. The van der Waals surface area contributed by atoms with E-state index in [9.17, 15) is 14.7 Å². The van der Waals surface area contributed by atoms with Crippen LogP contribution in [0.5, 0.6) is 0 Å². The Morgan fingerprint density at radius 3 is 2.70 bits per heavy atom. The first-order valence-electron chi connectivity index (χ1n) is 7.18. The van der Waals surface area contributed by atoms with Gasteiger partial charge in [-0.15, -0.1) is 0 Å². The highest BCUT2D eigenvalue weighted by Gasteiger charge is 2.44. The van der Waals surface area contributed by atoms with Gasteiger partial charge < -0.3 is 14.8 Å². The second kappa shape index (κ2) is 6.08. The summed E-state index contributed by atoms with van der Waals surface area (Å²) in [4.78, 5) is 28.2. The van der Waals surface area contributed by atoms with Gasteiger partial charge in [0.25, 0.3) is 5.91 Å². The highest BCUT2D eigenvalue weighted by molar-refractivity contribution is 7.99. The molecular weight excluding hydrogens is 316 g/mol. The normalized spacial score (nSPS) is 20.4. The summed E-state index contributed by atoms with van der Waals surface area (Å²) >= 11 is 1.51. The minimum Gasteiger partial charge on any atom is -0.479 e. The number of nitrogens with zero attached hydrogens (tertiary/aromatic N) is 1. The van der Waals surface area contributed by atoms with E-state index in [1.807, 2.05) is 30.3 Å². The molecular formula is C16H16N2O4S. The molecule has 0 bridgehead atoms. The number of hydrogen-bond acceptors (Lipinski definition) is 5. The number of thioether (sulfide) groups is 1. The van der Waals surface area contributed by atoms with Crippen molar-refractivity contribution in [3.05, 3.63) is 41.8 Å². The Hall–Kier alpha value is -2.28. The number of carboxylic acids is 1. The third-order valence-corrected chi connectivity index (χ3v) is 5.01. The molecule has 3 rings (SSSR count). The third kappa shape index (κ3) is 2.96. The monoisotopic (exact) mass is 332 g/mol. The zero-order valence-corrected chi connectivity index (χ0v) is 13.4. The van der Waals surface area contributed by atoms with Crippen LogP contribution >= 0.6 is 11.8 Å². The van der Waals surface area contributed by atoms with Gasteiger partial charge in [-0.05, 0) is 31.2 Å². The van der Waals surface area contributed by atoms with Gasteiger partial charge in [0, 0.05) is 11.3 Å². The number of aryl methyl sites for hydroxylation is 1. The van der Waals surface area contributed by atoms with Crippen LogP contribution in [-0.2, 0) is 4.79 Å². The third-order valence-electron chi connectivity index (χ3n) is 3.82. The molecule has 1 unspecified atom stereocenters. The van der Waals surface area contributed by atoms with Crippen molar-refractivity contribution in [3.8, 4) is 11.5 Å². The zero-order valence-electron chi connectivity index (χ0n) is 12.5. The Morgan fingerprint density at radius 1 is 1.35 bits per heavy atom. The van der Waals surface area contributed by atoms with Crippen LogP contribution < -0.4 is 5.32 Å². The van der Waals surface area contributed by atoms with Crippen molar-refractivity contribution >= 4 is 23.6 Å². The number of carbonyl (C=O) groups excluding carboxylic acids is 1. The number of carbonyl (C=O) groups is 2. The largest absolute Gasteiger partial charge is 0.479 e. The predicted molar refractivity (Wildman–Crippen MR) is 86.5 cm³/mol. The Labute approximate surface area is 137 Å². The summed E-state index contributed by atoms with van der Waals surface area (Å²) in [5, 5.41) is 12.1. The van der Waals surface area contributed by atoms with Gasteiger partial charge in [0.15, 0.2) is 5.69 Å². The molecule has 2 heterocycles. The van der Waals surface area contributed by atoms with E-state index in [4.69, 9.17) is 4.42 Å². The molecule has 0 aliphatic carbocycles. The highest BCUT2D eigenvalue weighted by atomic mass is 32.2. The van der Waals surface area contributed by atoms with Crippen molar-refractivity contribution < 1.29 is 19.1 Å². The molecule has 1 aliphatic rings. The molecule has 23 heavy (non-hydrogen) atoms. The molecule has 0 spiro atoms. The van der Waals surface area contributed by atoms with Crippen molar-refractivity contribution in [1.82, 2.24) is 10.3 Å². The van der Waals surface area contributed by atoms with Crippen LogP contribution in [-0.4, -0.2) is 39.0 Å². The summed E-state index contributed by atoms with van der Waals surface area (Å²) in [6.45, 7) is 1.64. The van der Waals surface area contributed by atoms with Gasteiger partial charge in [0.05, 0.1) is 0 Å². The lowest BCUT2D eigenvalue weighted by Gasteiger charge is -2.23. The smallest absolute Gasteiger partial charge is 0.330 e. The number of aromatic nitrogens is 1. The lowest BCUT2D eigenvalue weighted by molar-refractivity contribution is -0.143. The van der Waals surface area contributed by atoms with Crippen LogP contribution in [0.3, 0.4) is 0 Å². The molecule has 1 aliphatic heterocycles. The first-order valence-corrected chi connectivity index (χ1v) is 8.34. The minimum absolute atomic E-state index is 0.126. The fourth-order valence-electron chi connectivity index (χ4n) is 2.47. The van der Waals surface area contributed by atoms with Crippen LogP contribution in [0.1, 0.15) is 22.7 Å². The van der Waals surface area contributed by atoms with Gasteiger partial charge in [-0.25, -0.2) is 9.78 Å². The molecule has 7 heteroatoms. The fourth-order valence-corrected chi connectivity index (χ4v) is 3.80. The average Bonchev–Trinajstić information content (AvgIpc) is 3.16. The summed E-state index contributed by atoms with van der Waals surface area (Å²) in [5.41, 5.74) is -0.333. The van der Waals surface area contributed by atoms with E-state index in [1.165, 1.54) is 11.8 Å². The molecule has 120 valence electrons. The summed E-state index contributed by atoms with van der Waals surface area (Å²) in [5.74, 6) is 0.250. The van der Waals surface area contributed by atoms with Crippen molar-refractivity contribution in [2.75, 3.05) is 11.5 Å². The van der Waals surface area contributed by atoms with E-state index < -0.39 is 17.4 Å². The van der Waals surface area contributed by atoms with Crippen LogP contribution in [0.15, 0.2) is 34.7 Å². The first-order chi connectivity index (χ1) is 11.0. The number of rotatable bonds is 4. The number of hydrogen-bond donors (Lipinski definition) is 2. The van der Waals surface area contributed by atoms with Gasteiger partial charge in [-0.2, -0.15) is 11.8 Å². The number of carboxylic acid groups (broad SMARTS) is 1. The highest BCUT2D eigenvalue weighted by Crippen LogP contribution is 2.29. The molecule has 1 aromatic carbocycles. The van der Waals surface area contributed by atoms with Crippen molar-refractivity contribution in [2.24, 2.45) is 0 Å².